The van der Waals surface area contributed by atoms with Gasteiger partial charge in [-0.15, -0.1) is 0 Å². The highest BCUT2D eigenvalue weighted by Crippen LogP contribution is 2.31. The summed E-state index contributed by atoms with van der Waals surface area (Å²) in [4.78, 5) is 28.5. The molecule has 0 atom stereocenters. The zero-order chi connectivity index (χ0) is 21.3. The van der Waals surface area contributed by atoms with Crippen LogP contribution < -0.4 is 25.4 Å². The van der Waals surface area contributed by atoms with Gasteiger partial charge in [0.1, 0.15) is 12.1 Å². The van der Waals surface area contributed by atoms with Crippen molar-refractivity contribution in [2.45, 2.75) is 39.3 Å². The van der Waals surface area contributed by atoms with Gasteiger partial charge in [-0.05, 0) is 50.1 Å². The van der Waals surface area contributed by atoms with E-state index in [-0.39, 0.29) is 11.9 Å². The number of carbonyl (C=O) groups is 2. The van der Waals surface area contributed by atoms with Gasteiger partial charge in [0.05, 0.1) is 7.11 Å². The number of methoxy groups -OCH3 is 1. The van der Waals surface area contributed by atoms with E-state index in [1.165, 1.54) is 0 Å². The maximum atomic E-state index is 12.7. The van der Waals surface area contributed by atoms with E-state index < -0.39 is 5.54 Å². The first-order valence-electron chi connectivity index (χ1n) is 9.43. The van der Waals surface area contributed by atoms with Gasteiger partial charge < -0.3 is 25.4 Å². The summed E-state index contributed by atoms with van der Waals surface area (Å²) >= 11 is 0. The lowest BCUT2D eigenvalue weighted by Crippen LogP contribution is -2.55. The Morgan fingerprint density at radius 3 is 2.48 bits per heavy atom. The van der Waals surface area contributed by atoms with Gasteiger partial charge in [-0.3, -0.25) is 9.78 Å². The predicted molar refractivity (Wildman–Crippen MR) is 111 cm³/mol. The molecule has 8 nitrogen and oxygen atoms in total. The van der Waals surface area contributed by atoms with Crippen molar-refractivity contribution in [3.05, 3.63) is 48.3 Å². The molecular weight excluding hydrogens is 372 g/mol. The lowest BCUT2D eigenvalue weighted by molar-refractivity contribution is -0.120. The highest BCUT2D eigenvalue weighted by Gasteiger charge is 2.29. The van der Waals surface area contributed by atoms with Crippen molar-refractivity contribution in [3.63, 3.8) is 0 Å². The van der Waals surface area contributed by atoms with Gasteiger partial charge in [0, 0.05) is 30.7 Å². The zero-order valence-corrected chi connectivity index (χ0v) is 17.2. The van der Waals surface area contributed by atoms with Crippen LogP contribution in [-0.2, 0) is 11.4 Å². The first-order valence-corrected chi connectivity index (χ1v) is 9.43. The first-order chi connectivity index (χ1) is 13.9. The highest BCUT2D eigenvalue weighted by atomic mass is 16.5. The minimum Gasteiger partial charge on any atom is -0.493 e. The Kier molecular flexibility index (Phi) is 7.82. The molecule has 8 heteroatoms. The summed E-state index contributed by atoms with van der Waals surface area (Å²) in [6.45, 7) is 6.10. The number of nitrogens with one attached hydrogen (secondary N) is 3. The van der Waals surface area contributed by atoms with Crippen LogP contribution in [0.1, 0.15) is 32.8 Å². The SMILES string of the molecule is CCCNC(=O)NC(C)(C)C(=O)Nc1ccc(OC)c(OCc2ccncc2)c1. The third-order valence-corrected chi connectivity index (χ3v) is 4.09. The number of ether oxygens (including phenoxy) is 2. The first kappa shape index (κ1) is 22.0. The number of anilines is 1. The van der Waals surface area contributed by atoms with E-state index in [2.05, 4.69) is 20.9 Å². The Balaban J connectivity index is 2.05. The average Bonchev–Trinajstić information content (AvgIpc) is 2.71. The summed E-state index contributed by atoms with van der Waals surface area (Å²) in [5, 5.41) is 8.17. The summed E-state index contributed by atoms with van der Waals surface area (Å²) in [5.74, 6) is 0.691. The Morgan fingerprint density at radius 1 is 1.10 bits per heavy atom. The monoisotopic (exact) mass is 400 g/mol. The fraction of sp³-hybridized carbons (Fsp3) is 0.381. The van der Waals surface area contributed by atoms with Crippen LogP contribution in [0.4, 0.5) is 10.5 Å². The smallest absolute Gasteiger partial charge is 0.315 e. The number of rotatable bonds is 9. The summed E-state index contributed by atoms with van der Waals surface area (Å²) in [6, 6.07) is 8.44. The molecule has 0 saturated heterocycles. The molecule has 3 N–H and O–H groups in total. The van der Waals surface area contributed by atoms with E-state index in [4.69, 9.17) is 9.47 Å². The van der Waals surface area contributed by atoms with Gasteiger partial charge in [0.2, 0.25) is 5.91 Å². The second kappa shape index (κ2) is 10.3. The molecule has 0 aliphatic rings. The fourth-order valence-corrected chi connectivity index (χ4v) is 2.42. The van der Waals surface area contributed by atoms with Crippen LogP contribution in [0.2, 0.25) is 0 Å². The van der Waals surface area contributed by atoms with Gasteiger partial charge in [0.15, 0.2) is 11.5 Å². The van der Waals surface area contributed by atoms with E-state index in [9.17, 15) is 9.59 Å². The Bertz CT molecular complexity index is 825. The minimum absolute atomic E-state index is 0.334. The quantitative estimate of drug-likeness (QED) is 0.600. The van der Waals surface area contributed by atoms with Gasteiger partial charge in [-0.2, -0.15) is 0 Å². The molecule has 0 fully saturated rings. The zero-order valence-electron chi connectivity index (χ0n) is 17.2. The molecule has 156 valence electrons. The van der Waals surface area contributed by atoms with E-state index in [0.29, 0.717) is 30.3 Å². The topological polar surface area (TPSA) is 102 Å². The summed E-state index contributed by atoms with van der Waals surface area (Å²) < 4.78 is 11.2. The number of hydrogen-bond donors (Lipinski definition) is 3. The number of pyridine rings is 1. The molecule has 0 radical (unpaired) electrons. The van der Waals surface area contributed by atoms with Gasteiger partial charge in [-0.1, -0.05) is 6.92 Å². The number of nitrogens with zero attached hydrogens (tertiary/aromatic N) is 1. The third kappa shape index (κ3) is 6.67. The number of amides is 3. The predicted octanol–water partition coefficient (Wildman–Crippen LogP) is 3.10. The van der Waals surface area contributed by atoms with Crippen molar-refractivity contribution in [1.82, 2.24) is 15.6 Å². The molecule has 1 aromatic heterocycles. The van der Waals surface area contributed by atoms with Gasteiger partial charge in [0.25, 0.3) is 0 Å². The van der Waals surface area contributed by atoms with E-state index in [0.717, 1.165) is 12.0 Å². The van der Waals surface area contributed by atoms with E-state index >= 15 is 0 Å². The maximum absolute atomic E-state index is 12.7. The Morgan fingerprint density at radius 2 is 1.83 bits per heavy atom. The number of aromatic nitrogens is 1. The molecule has 2 aromatic rings. The van der Waals surface area contributed by atoms with E-state index in [1.54, 1.807) is 51.6 Å². The van der Waals surface area contributed by atoms with Crippen LogP contribution >= 0.6 is 0 Å². The van der Waals surface area contributed by atoms with Crippen LogP contribution in [0.25, 0.3) is 0 Å². The van der Waals surface area contributed by atoms with E-state index in [1.807, 2.05) is 19.1 Å². The molecule has 2 rings (SSSR count). The van der Waals surface area contributed by atoms with Crippen LogP contribution in [0.15, 0.2) is 42.7 Å². The largest absolute Gasteiger partial charge is 0.493 e. The molecule has 0 saturated carbocycles. The van der Waals surface area contributed by atoms with Crippen molar-refractivity contribution < 1.29 is 19.1 Å². The van der Waals surface area contributed by atoms with Gasteiger partial charge in [-0.25, -0.2) is 4.79 Å². The normalized spacial score (nSPS) is 10.8. The van der Waals surface area contributed by atoms with Crippen LogP contribution in [0, 0.1) is 0 Å². The molecule has 0 unspecified atom stereocenters. The summed E-state index contributed by atoms with van der Waals surface area (Å²) in [6.07, 6.45) is 4.20. The second-order valence-electron chi connectivity index (χ2n) is 6.97. The minimum atomic E-state index is -1.10. The molecule has 0 spiro atoms. The highest BCUT2D eigenvalue weighted by molar-refractivity contribution is 5.99. The lowest BCUT2D eigenvalue weighted by atomic mass is 10.0. The lowest BCUT2D eigenvalue weighted by Gasteiger charge is -2.25. The molecule has 29 heavy (non-hydrogen) atoms. The fourth-order valence-electron chi connectivity index (χ4n) is 2.42. The standard InChI is InChI=1S/C21H28N4O4/c1-5-10-23-20(27)25-21(2,3)19(26)24-16-6-7-17(28-4)18(13-16)29-14-15-8-11-22-12-9-15/h6-9,11-13H,5,10,14H2,1-4H3,(H,24,26)(H2,23,25,27). The van der Waals surface area contributed by atoms with Crippen molar-refractivity contribution in [2.75, 3.05) is 19.0 Å². The van der Waals surface area contributed by atoms with Crippen molar-refractivity contribution >= 4 is 17.6 Å². The molecular formula is C21H28N4O4. The van der Waals surface area contributed by atoms with Crippen molar-refractivity contribution in [1.29, 1.82) is 0 Å². The third-order valence-electron chi connectivity index (χ3n) is 4.09. The van der Waals surface area contributed by atoms with Crippen LogP contribution in [0.3, 0.4) is 0 Å². The number of urea groups is 1. The average molecular weight is 400 g/mol. The Labute approximate surface area is 171 Å². The van der Waals surface area contributed by atoms with Crippen molar-refractivity contribution in [3.8, 4) is 11.5 Å². The molecule has 0 aliphatic heterocycles. The van der Waals surface area contributed by atoms with Crippen LogP contribution in [-0.4, -0.2) is 36.1 Å². The summed E-state index contributed by atoms with van der Waals surface area (Å²) in [7, 11) is 1.55. The summed E-state index contributed by atoms with van der Waals surface area (Å²) in [5.41, 5.74) is 0.389. The number of carbonyl (C=O) groups excluding carboxylic acids is 2. The van der Waals surface area contributed by atoms with Crippen LogP contribution in [0.5, 0.6) is 11.5 Å². The molecule has 0 aliphatic carbocycles. The second-order valence-corrected chi connectivity index (χ2v) is 6.97. The number of hydrogen-bond acceptors (Lipinski definition) is 5. The molecule has 3 amide bonds. The van der Waals surface area contributed by atoms with Crippen molar-refractivity contribution in [2.24, 2.45) is 0 Å². The van der Waals surface area contributed by atoms with Gasteiger partial charge >= 0.3 is 6.03 Å². The number of benzene rings is 1. The Hall–Kier alpha value is -3.29. The maximum Gasteiger partial charge on any atom is 0.315 e. The molecule has 1 heterocycles. The molecule has 0 bridgehead atoms. The molecule has 1 aromatic carbocycles.